The average molecular weight is 350 g/mol. The first kappa shape index (κ1) is 17.7. The zero-order valence-corrected chi connectivity index (χ0v) is 15.3. The number of rotatable bonds is 5. The fraction of sp³-hybridized carbons (Fsp3) is 0.250. The Morgan fingerprint density at radius 1 is 1.19 bits per heavy atom. The van der Waals surface area contributed by atoms with Crippen molar-refractivity contribution in [3.8, 4) is 5.69 Å². The molecular formula is C20H22N4O2. The molecule has 0 fully saturated rings. The molecule has 2 aromatic heterocycles. The fourth-order valence-corrected chi connectivity index (χ4v) is 3.20. The van der Waals surface area contributed by atoms with Crippen molar-refractivity contribution in [2.24, 2.45) is 0 Å². The van der Waals surface area contributed by atoms with Gasteiger partial charge in [0.1, 0.15) is 5.69 Å². The Labute approximate surface area is 152 Å². The molecule has 0 unspecified atom stereocenters. The van der Waals surface area contributed by atoms with E-state index in [0.717, 1.165) is 16.9 Å². The van der Waals surface area contributed by atoms with Crippen LogP contribution in [0.25, 0.3) is 5.69 Å². The Morgan fingerprint density at radius 2 is 1.88 bits per heavy atom. The van der Waals surface area contributed by atoms with Gasteiger partial charge in [0.15, 0.2) is 5.78 Å². The second kappa shape index (κ2) is 7.00. The van der Waals surface area contributed by atoms with Crippen LogP contribution < -0.4 is 5.32 Å². The van der Waals surface area contributed by atoms with Crippen LogP contribution in [-0.4, -0.2) is 26.2 Å². The Hall–Kier alpha value is -3.15. The Kier molecular flexibility index (Phi) is 4.75. The van der Waals surface area contributed by atoms with Gasteiger partial charge in [-0.25, -0.2) is 4.98 Å². The van der Waals surface area contributed by atoms with Crippen molar-refractivity contribution in [3.05, 3.63) is 71.1 Å². The SMILES string of the molecule is CC(=O)c1c(C)[nH]c(C(=O)N[C@@H](C)c2ccc(-n3ccnc3)cc2)c1C. The molecule has 0 aliphatic heterocycles. The van der Waals surface area contributed by atoms with Gasteiger partial charge in [-0.15, -0.1) is 0 Å². The molecule has 134 valence electrons. The molecule has 2 N–H and O–H groups in total. The molecule has 1 atom stereocenters. The normalized spacial score (nSPS) is 12.0. The van der Waals surface area contributed by atoms with Crippen LogP contribution >= 0.6 is 0 Å². The molecule has 3 aromatic rings. The molecule has 3 rings (SSSR count). The van der Waals surface area contributed by atoms with Gasteiger partial charge in [-0.2, -0.15) is 0 Å². The molecule has 0 aliphatic rings. The van der Waals surface area contributed by atoms with E-state index in [1.54, 1.807) is 26.4 Å². The van der Waals surface area contributed by atoms with Gasteiger partial charge in [-0.3, -0.25) is 9.59 Å². The van der Waals surface area contributed by atoms with Crippen LogP contribution in [0.1, 0.15) is 57.6 Å². The van der Waals surface area contributed by atoms with Crippen LogP contribution in [0.3, 0.4) is 0 Å². The van der Waals surface area contributed by atoms with Crippen molar-refractivity contribution in [2.45, 2.75) is 33.7 Å². The van der Waals surface area contributed by atoms with Gasteiger partial charge in [0, 0.05) is 29.3 Å². The number of aromatic amines is 1. The molecule has 2 heterocycles. The van der Waals surface area contributed by atoms with Crippen molar-refractivity contribution in [1.82, 2.24) is 19.9 Å². The molecule has 1 amide bonds. The number of imidazole rings is 1. The van der Waals surface area contributed by atoms with E-state index in [9.17, 15) is 9.59 Å². The quantitative estimate of drug-likeness (QED) is 0.691. The summed E-state index contributed by atoms with van der Waals surface area (Å²) in [6, 6.07) is 7.76. The first-order valence-electron chi connectivity index (χ1n) is 8.47. The van der Waals surface area contributed by atoms with E-state index in [1.165, 1.54) is 6.92 Å². The number of benzene rings is 1. The van der Waals surface area contributed by atoms with E-state index in [2.05, 4.69) is 15.3 Å². The lowest BCUT2D eigenvalue weighted by Crippen LogP contribution is -2.27. The Bertz CT molecular complexity index is 937. The highest BCUT2D eigenvalue weighted by Crippen LogP contribution is 2.20. The smallest absolute Gasteiger partial charge is 0.268 e. The molecule has 0 bridgehead atoms. The number of amides is 1. The number of aromatic nitrogens is 3. The van der Waals surface area contributed by atoms with Crippen LogP contribution in [0.5, 0.6) is 0 Å². The lowest BCUT2D eigenvalue weighted by atomic mass is 10.1. The van der Waals surface area contributed by atoms with E-state index in [0.29, 0.717) is 16.8 Å². The van der Waals surface area contributed by atoms with Gasteiger partial charge in [0.05, 0.1) is 12.4 Å². The minimum absolute atomic E-state index is 0.0431. The van der Waals surface area contributed by atoms with Crippen LogP contribution in [0.4, 0.5) is 0 Å². The standard InChI is InChI=1S/C20H22N4O2/c1-12-18(15(4)25)14(3)22-19(12)20(26)23-13(2)16-5-7-17(8-6-16)24-10-9-21-11-24/h5-11,13,22H,1-4H3,(H,23,26)/t13-/m0/s1. The third kappa shape index (κ3) is 3.31. The summed E-state index contributed by atoms with van der Waals surface area (Å²) in [7, 11) is 0. The van der Waals surface area contributed by atoms with Crippen molar-refractivity contribution in [3.63, 3.8) is 0 Å². The highest BCUT2D eigenvalue weighted by atomic mass is 16.2. The van der Waals surface area contributed by atoms with Gasteiger partial charge >= 0.3 is 0 Å². The minimum Gasteiger partial charge on any atom is -0.354 e. The highest BCUT2D eigenvalue weighted by Gasteiger charge is 2.21. The topological polar surface area (TPSA) is 79.8 Å². The van der Waals surface area contributed by atoms with Gasteiger partial charge in [0.2, 0.25) is 0 Å². The predicted molar refractivity (Wildman–Crippen MR) is 99.7 cm³/mol. The fourth-order valence-electron chi connectivity index (χ4n) is 3.20. The summed E-state index contributed by atoms with van der Waals surface area (Å²) in [5.74, 6) is -0.261. The Balaban J connectivity index is 1.75. The lowest BCUT2D eigenvalue weighted by Gasteiger charge is -2.15. The lowest BCUT2D eigenvalue weighted by molar-refractivity contribution is 0.0934. The molecule has 0 spiro atoms. The summed E-state index contributed by atoms with van der Waals surface area (Å²) in [4.78, 5) is 31.4. The van der Waals surface area contributed by atoms with Crippen molar-refractivity contribution in [1.29, 1.82) is 0 Å². The molecule has 0 saturated carbocycles. The third-order valence-corrected chi connectivity index (χ3v) is 4.56. The van der Waals surface area contributed by atoms with Crippen LogP contribution in [0, 0.1) is 13.8 Å². The van der Waals surface area contributed by atoms with Crippen LogP contribution in [0.2, 0.25) is 0 Å². The summed E-state index contributed by atoms with van der Waals surface area (Å²) in [6.45, 7) is 7.04. The number of Topliss-reactive ketones (excluding diaryl/α,β-unsaturated/α-hetero) is 1. The Morgan fingerprint density at radius 3 is 2.42 bits per heavy atom. The molecule has 0 radical (unpaired) electrons. The first-order chi connectivity index (χ1) is 12.4. The maximum absolute atomic E-state index is 12.6. The van der Waals surface area contributed by atoms with E-state index >= 15 is 0 Å². The van der Waals surface area contributed by atoms with Crippen molar-refractivity contribution in [2.75, 3.05) is 0 Å². The second-order valence-corrected chi connectivity index (χ2v) is 6.44. The number of hydrogen-bond donors (Lipinski definition) is 2. The zero-order chi connectivity index (χ0) is 18.8. The number of carbonyl (C=O) groups is 2. The summed E-state index contributed by atoms with van der Waals surface area (Å²) in [5.41, 5.74) is 4.44. The summed E-state index contributed by atoms with van der Waals surface area (Å²) >= 11 is 0. The summed E-state index contributed by atoms with van der Waals surface area (Å²) < 4.78 is 1.92. The van der Waals surface area contributed by atoms with E-state index in [-0.39, 0.29) is 17.7 Å². The van der Waals surface area contributed by atoms with Gasteiger partial charge in [-0.1, -0.05) is 12.1 Å². The minimum atomic E-state index is -0.218. The summed E-state index contributed by atoms with van der Waals surface area (Å²) in [5, 5.41) is 2.99. The molecule has 0 saturated heterocycles. The zero-order valence-electron chi connectivity index (χ0n) is 15.3. The maximum Gasteiger partial charge on any atom is 0.268 e. The molecule has 0 aliphatic carbocycles. The number of ketones is 1. The molecule has 26 heavy (non-hydrogen) atoms. The number of hydrogen-bond acceptors (Lipinski definition) is 3. The van der Waals surface area contributed by atoms with Gasteiger partial charge in [0.25, 0.3) is 5.91 Å². The van der Waals surface area contributed by atoms with Crippen molar-refractivity contribution < 1.29 is 9.59 Å². The number of H-pyrrole nitrogens is 1. The summed E-state index contributed by atoms with van der Waals surface area (Å²) in [6.07, 6.45) is 5.35. The second-order valence-electron chi connectivity index (χ2n) is 6.44. The monoisotopic (exact) mass is 350 g/mol. The predicted octanol–water partition coefficient (Wildman–Crippen LogP) is 3.51. The number of aryl methyl sites for hydroxylation is 1. The van der Waals surface area contributed by atoms with E-state index in [1.807, 2.05) is 42.0 Å². The maximum atomic E-state index is 12.6. The number of carbonyl (C=O) groups excluding carboxylic acids is 2. The molecule has 6 heteroatoms. The highest BCUT2D eigenvalue weighted by molar-refractivity contribution is 6.02. The first-order valence-corrected chi connectivity index (χ1v) is 8.47. The molecular weight excluding hydrogens is 328 g/mol. The largest absolute Gasteiger partial charge is 0.354 e. The number of nitrogens with one attached hydrogen (secondary N) is 2. The van der Waals surface area contributed by atoms with Crippen LogP contribution in [-0.2, 0) is 0 Å². The van der Waals surface area contributed by atoms with Crippen molar-refractivity contribution >= 4 is 11.7 Å². The van der Waals surface area contributed by atoms with E-state index < -0.39 is 0 Å². The number of nitrogens with zero attached hydrogens (tertiary/aromatic N) is 2. The molecule has 6 nitrogen and oxygen atoms in total. The van der Waals surface area contributed by atoms with Gasteiger partial charge in [-0.05, 0) is 51.0 Å². The van der Waals surface area contributed by atoms with E-state index in [4.69, 9.17) is 0 Å². The van der Waals surface area contributed by atoms with Gasteiger partial charge < -0.3 is 14.9 Å². The average Bonchev–Trinajstić information content (AvgIpc) is 3.23. The third-order valence-electron chi connectivity index (χ3n) is 4.56. The van der Waals surface area contributed by atoms with Crippen LogP contribution in [0.15, 0.2) is 43.0 Å². The molecule has 1 aromatic carbocycles.